The van der Waals surface area contributed by atoms with E-state index in [9.17, 15) is 0 Å². The van der Waals surface area contributed by atoms with Crippen molar-refractivity contribution in [3.63, 3.8) is 0 Å². The van der Waals surface area contributed by atoms with Gasteiger partial charge in [0, 0.05) is 23.0 Å². The molecule has 1 aromatic rings. The molecule has 2 rings (SSSR count). The maximum absolute atomic E-state index is 6.24. The van der Waals surface area contributed by atoms with E-state index in [1.807, 2.05) is 11.3 Å². The lowest BCUT2D eigenvalue weighted by molar-refractivity contribution is -0.00909. The van der Waals surface area contributed by atoms with Gasteiger partial charge in [0.05, 0.1) is 0 Å². The average molecular weight is 280 g/mol. The average Bonchev–Trinajstić information content (AvgIpc) is 2.94. The van der Waals surface area contributed by atoms with E-state index < -0.39 is 0 Å². The zero-order valence-electron chi connectivity index (χ0n) is 12.7. The predicted molar refractivity (Wildman–Crippen MR) is 84.5 cm³/mol. The van der Waals surface area contributed by atoms with Gasteiger partial charge in [0.15, 0.2) is 0 Å². The van der Waals surface area contributed by atoms with E-state index in [2.05, 4.69) is 50.2 Å². The summed E-state index contributed by atoms with van der Waals surface area (Å²) in [4.78, 5) is 4.00. The first kappa shape index (κ1) is 15.0. The Kier molecular flexibility index (Phi) is 4.70. The fraction of sp³-hybridized carbons (Fsp3) is 0.750. The second-order valence-electron chi connectivity index (χ2n) is 6.40. The Morgan fingerprint density at radius 1 is 1.47 bits per heavy atom. The van der Waals surface area contributed by atoms with Gasteiger partial charge < -0.3 is 5.73 Å². The van der Waals surface area contributed by atoms with Crippen LogP contribution in [0, 0.1) is 11.8 Å². The quantitative estimate of drug-likeness (QED) is 0.906. The molecule has 1 heterocycles. The fourth-order valence-electron chi connectivity index (χ4n) is 3.74. The summed E-state index contributed by atoms with van der Waals surface area (Å²) in [5.74, 6) is 1.47. The van der Waals surface area contributed by atoms with Crippen molar-refractivity contribution in [3.8, 4) is 0 Å². The molecule has 2 nitrogen and oxygen atoms in total. The summed E-state index contributed by atoms with van der Waals surface area (Å²) in [6, 6.07) is 4.84. The van der Waals surface area contributed by atoms with Crippen LogP contribution in [0.1, 0.15) is 51.0 Å². The third-order valence-corrected chi connectivity index (χ3v) is 6.35. The van der Waals surface area contributed by atoms with Gasteiger partial charge in [0.25, 0.3) is 0 Å². The molecule has 0 bridgehead atoms. The van der Waals surface area contributed by atoms with Crippen LogP contribution in [0.15, 0.2) is 17.5 Å². The van der Waals surface area contributed by atoms with Gasteiger partial charge in [0.2, 0.25) is 0 Å². The second-order valence-corrected chi connectivity index (χ2v) is 7.38. The van der Waals surface area contributed by atoms with Gasteiger partial charge in [0.1, 0.15) is 0 Å². The monoisotopic (exact) mass is 280 g/mol. The summed E-state index contributed by atoms with van der Waals surface area (Å²) < 4.78 is 0. The standard InChI is InChI=1S/C16H28N2S/c1-12-7-8-13(2)16(10-12,11-17)18(4)14(3)15-6-5-9-19-15/h5-6,9,12-14H,7-8,10-11,17H2,1-4H3. The van der Waals surface area contributed by atoms with Gasteiger partial charge in [-0.05, 0) is 50.1 Å². The molecular formula is C16H28N2S. The van der Waals surface area contributed by atoms with Crippen molar-refractivity contribution in [2.75, 3.05) is 13.6 Å². The molecular weight excluding hydrogens is 252 g/mol. The van der Waals surface area contributed by atoms with Crippen molar-refractivity contribution in [1.82, 2.24) is 4.90 Å². The smallest absolute Gasteiger partial charge is 0.0416 e. The van der Waals surface area contributed by atoms with Crippen LogP contribution in [0.3, 0.4) is 0 Å². The maximum atomic E-state index is 6.24. The third-order valence-electron chi connectivity index (χ3n) is 5.30. The number of thiophene rings is 1. The van der Waals surface area contributed by atoms with Gasteiger partial charge in [-0.2, -0.15) is 0 Å². The zero-order chi connectivity index (χ0) is 14.0. The Balaban J connectivity index is 2.24. The van der Waals surface area contributed by atoms with Crippen LogP contribution in [0.2, 0.25) is 0 Å². The SMILES string of the molecule is CC1CCC(C)C(CN)(N(C)C(C)c2cccs2)C1. The predicted octanol–water partition coefficient (Wildman–Crippen LogP) is 3.89. The molecule has 1 fully saturated rings. The minimum atomic E-state index is 0.168. The van der Waals surface area contributed by atoms with Crippen molar-refractivity contribution in [2.24, 2.45) is 17.6 Å². The first-order chi connectivity index (χ1) is 9.01. The summed E-state index contributed by atoms with van der Waals surface area (Å²) in [6.07, 6.45) is 3.89. The minimum Gasteiger partial charge on any atom is -0.329 e. The van der Waals surface area contributed by atoms with E-state index in [1.165, 1.54) is 24.1 Å². The molecule has 0 radical (unpaired) electrons. The van der Waals surface area contributed by atoms with Crippen LogP contribution in [0.4, 0.5) is 0 Å². The Bertz CT molecular complexity index is 389. The molecule has 1 aromatic heterocycles. The summed E-state index contributed by atoms with van der Waals surface area (Å²) in [6.45, 7) is 7.84. The molecule has 4 unspecified atom stereocenters. The Labute approximate surface area is 122 Å². The number of rotatable bonds is 4. The van der Waals surface area contributed by atoms with E-state index in [0.29, 0.717) is 12.0 Å². The van der Waals surface area contributed by atoms with Gasteiger partial charge >= 0.3 is 0 Å². The van der Waals surface area contributed by atoms with E-state index >= 15 is 0 Å². The maximum Gasteiger partial charge on any atom is 0.0416 e. The third kappa shape index (κ3) is 2.74. The van der Waals surface area contributed by atoms with Crippen LogP contribution < -0.4 is 5.73 Å². The van der Waals surface area contributed by atoms with Crippen LogP contribution in [0.5, 0.6) is 0 Å². The van der Waals surface area contributed by atoms with Crippen LogP contribution in [-0.4, -0.2) is 24.0 Å². The van der Waals surface area contributed by atoms with Crippen LogP contribution in [-0.2, 0) is 0 Å². The fourth-order valence-corrected chi connectivity index (χ4v) is 4.56. The minimum absolute atomic E-state index is 0.168. The number of hydrogen-bond donors (Lipinski definition) is 1. The molecule has 0 saturated heterocycles. The van der Waals surface area contributed by atoms with Crippen LogP contribution in [0.25, 0.3) is 0 Å². The molecule has 1 saturated carbocycles. The normalized spacial score (nSPS) is 33.6. The highest BCUT2D eigenvalue weighted by Gasteiger charge is 2.44. The highest BCUT2D eigenvalue weighted by molar-refractivity contribution is 7.10. The first-order valence-corrected chi connectivity index (χ1v) is 8.35. The molecule has 1 aliphatic rings. The largest absolute Gasteiger partial charge is 0.329 e. The first-order valence-electron chi connectivity index (χ1n) is 7.47. The Morgan fingerprint density at radius 2 is 2.21 bits per heavy atom. The summed E-state index contributed by atoms with van der Waals surface area (Å²) in [5, 5.41) is 2.17. The Hall–Kier alpha value is -0.380. The van der Waals surface area contributed by atoms with E-state index in [0.717, 1.165) is 12.5 Å². The lowest BCUT2D eigenvalue weighted by Crippen LogP contribution is -2.59. The van der Waals surface area contributed by atoms with Gasteiger partial charge in [-0.3, -0.25) is 4.90 Å². The van der Waals surface area contributed by atoms with Crippen molar-refractivity contribution >= 4 is 11.3 Å². The van der Waals surface area contributed by atoms with E-state index in [4.69, 9.17) is 5.73 Å². The van der Waals surface area contributed by atoms with Gasteiger partial charge in [-0.1, -0.05) is 26.3 Å². The molecule has 1 aliphatic carbocycles. The van der Waals surface area contributed by atoms with E-state index in [-0.39, 0.29) is 5.54 Å². The highest BCUT2D eigenvalue weighted by Crippen LogP contribution is 2.43. The lowest BCUT2D eigenvalue weighted by Gasteiger charge is -2.52. The Morgan fingerprint density at radius 3 is 2.79 bits per heavy atom. The summed E-state index contributed by atoms with van der Waals surface area (Å²) >= 11 is 1.85. The molecule has 0 amide bonds. The number of nitrogens with two attached hydrogens (primary N) is 1. The molecule has 4 atom stereocenters. The van der Waals surface area contributed by atoms with Gasteiger partial charge in [-0.25, -0.2) is 0 Å². The van der Waals surface area contributed by atoms with Crippen molar-refractivity contribution in [3.05, 3.63) is 22.4 Å². The summed E-state index contributed by atoms with van der Waals surface area (Å²) in [7, 11) is 2.27. The molecule has 108 valence electrons. The number of likely N-dealkylation sites (N-methyl/N-ethyl adjacent to an activating group) is 1. The molecule has 19 heavy (non-hydrogen) atoms. The number of hydrogen-bond acceptors (Lipinski definition) is 3. The lowest BCUT2D eigenvalue weighted by atomic mass is 9.68. The molecule has 3 heteroatoms. The van der Waals surface area contributed by atoms with Gasteiger partial charge in [-0.15, -0.1) is 11.3 Å². The van der Waals surface area contributed by atoms with Crippen molar-refractivity contribution in [1.29, 1.82) is 0 Å². The second kappa shape index (κ2) is 5.94. The van der Waals surface area contributed by atoms with E-state index in [1.54, 1.807) is 0 Å². The van der Waals surface area contributed by atoms with Crippen molar-refractivity contribution in [2.45, 2.75) is 51.6 Å². The molecule has 0 aliphatic heterocycles. The zero-order valence-corrected chi connectivity index (χ0v) is 13.5. The topological polar surface area (TPSA) is 29.3 Å². The van der Waals surface area contributed by atoms with Crippen LogP contribution >= 0.6 is 11.3 Å². The molecule has 2 N–H and O–H groups in total. The van der Waals surface area contributed by atoms with Crippen molar-refractivity contribution < 1.29 is 0 Å². The molecule has 0 spiro atoms. The summed E-state index contributed by atoms with van der Waals surface area (Å²) in [5.41, 5.74) is 6.41. The molecule has 0 aromatic carbocycles. The number of nitrogens with zero attached hydrogens (tertiary/aromatic N) is 1. The highest BCUT2D eigenvalue weighted by atomic mass is 32.1.